The number of nitrogens with zero attached hydrogens (tertiary/aromatic N) is 7. The number of carbonyl (C=O) groups is 5. The van der Waals surface area contributed by atoms with Crippen molar-refractivity contribution in [3.05, 3.63) is 46.1 Å². The number of imide groups is 1. The number of anilines is 1. The summed E-state index contributed by atoms with van der Waals surface area (Å²) in [6, 6.07) is -4.32. The Labute approximate surface area is 303 Å². The van der Waals surface area contributed by atoms with Crippen molar-refractivity contribution in [1.29, 1.82) is 0 Å². The summed E-state index contributed by atoms with van der Waals surface area (Å²) in [6.07, 6.45) is 1.75. The van der Waals surface area contributed by atoms with Crippen LogP contribution in [0.3, 0.4) is 0 Å². The van der Waals surface area contributed by atoms with Crippen molar-refractivity contribution in [2.24, 2.45) is 10.1 Å². The van der Waals surface area contributed by atoms with E-state index in [1.807, 2.05) is 0 Å². The van der Waals surface area contributed by atoms with Crippen LogP contribution in [0.4, 0.5) is 9.93 Å². The Balaban J connectivity index is 1.60. The average Bonchev–Trinajstić information content (AvgIpc) is 3.63. The third-order valence-electron chi connectivity index (χ3n) is 7.32. The fourth-order valence-corrected chi connectivity index (χ4v) is 6.69. The Hall–Kier alpha value is -5.60. The van der Waals surface area contributed by atoms with Gasteiger partial charge in [0.15, 0.2) is 28.6 Å². The molecule has 0 spiro atoms. The smallest absolute Gasteiger partial charge is 0.362 e. The van der Waals surface area contributed by atoms with Crippen molar-refractivity contribution in [2.45, 2.75) is 57.0 Å². The molecule has 0 aromatic carbocycles. The molecule has 1 unspecified atom stereocenters. The van der Waals surface area contributed by atoms with E-state index in [-0.39, 0.29) is 33.5 Å². The molecule has 23 nitrogen and oxygen atoms in total. The fourth-order valence-electron chi connectivity index (χ4n) is 4.59. The van der Waals surface area contributed by atoms with Crippen LogP contribution in [0.2, 0.25) is 0 Å². The van der Waals surface area contributed by atoms with Crippen molar-refractivity contribution < 1.29 is 55.9 Å². The highest BCUT2D eigenvalue weighted by atomic mass is 32.2. The lowest BCUT2D eigenvalue weighted by Gasteiger charge is -2.44. The lowest BCUT2D eigenvalue weighted by atomic mass is 9.92. The first-order chi connectivity index (χ1) is 24.6. The number of aromatic nitrogens is 4. The van der Waals surface area contributed by atoms with Crippen molar-refractivity contribution >= 4 is 83.7 Å². The minimum Gasteiger partial charge on any atom is -0.478 e. The van der Waals surface area contributed by atoms with Gasteiger partial charge in [-0.15, -0.1) is 23.0 Å². The van der Waals surface area contributed by atoms with E-state index in [4.69, 9.17) is 10.6 Å². The number of carboxylic acids is 1. The molecule has 286 valence electrons. The number of aliphatic hydroxyl groups excluding tert-OH is 1. The second-order valence-corrected chi connectivity index (χ2v) is 16.5. The average molecular weight is 801 g/mol. The zero-order chi connectivity index (χ0) is 39.6. The van der Waals surface area contributed by atoms with Crippen LogP contribution in [0, 0.1) is 0 Å². The monoisotopic (exact) mass is 800 g/mol. The molecular formula is C27H32N10O13S3. The molecule has 53 heavy (non-hydrogen) atoms. The number of ketones is 1. The lowest BCUT2D eigenvalue weighted by molar-refractivity contribution is -0.161. The number of thiazole rings is 1. The first-order valence-electron chi connectivity index (χ1n) is 15.0. The number of β-lactam (4-membered cyclic amide) rings is 1. The van der Waals surface area contributed by atoms with Gasteiger partial charge in [0.2, 0.25) is 5.60 Å². The van der Waals surface area contributed by atoms with E-state index in [0.29, 0.717) is 9.47 Å². The zero-order valence-electron chi connectivity index (χ0n) is 27.9. The van der Waals surface area contributed by atoms with Crippen LogP contribution < -0.4 is 21.5 Å². The predicted molar refractivity (Wildman–Crippen MR) is 184 cm³/mol. The zero-order valence-corrected chi connectivity index (χ0v) is 30.3. The first kappa shape index (κ1) is 40.2. The number of carboxylic acid groups (broad SMARTS) is 1. The fraction of sp³-hybridized carbons (Fsp3) is 0.407. The molecule has 0 bridgehead atoms. The van der Waals surface area contributed by atoms with Gasteiger partial charge in [0.25, 0.3) is 11.8 Å². The van der Waals surface area contributed by atoms with Gasteiger partial charge in [0, 0.05) is 30.5 Å². The summed E-state index contributed by atoms with van der Waals surface area (Å²) in [5, 5.41) is 30.0. The van der Waals surface area contributed by atoms with E-state index in [2.05, 4.69) is 32.1 Å². The molecule has 3 atom stereocenters. The van der Waals surface area contributed by atoms with E-state index in [0.717, 1.165) is 43.7 Å². The minimum absolute atomic E-state index is 0.00625. The molecule has 0 aliphatic carbocycles. The highest BCUT2D eigenvalue weighted by Crippen LogP contribution is 2.25. The number of aliphatic imine (C=N–C) groups is 1. The van der Waals surface area contributed by atoms with Crippen molar-refractivity contribution in [3.63, 3.8) is 0 Å². The minimum atomic E-state index is -5.28. The van der Waals surface area contributed by atoms with Crippen LogP contribution in [0.15, 0.2) is 39.1 Å². The Morgan fingerprint density at radius 3 is 2.45 bits per heavy atom. The van der Waals surface area contributed by atoms with Crippen LogP contribution in [-0.4, -0.2) is 128 Å². The van der Waals surface area contributed by atoms with Crippen molar-refractivity contribution in [1.82, 2.24) is 33.7 Å². The van der Waals surface area contributed by atoms with Gasteiger partial charge in [-0.1, -0.05) is 15.3 Å². The third kappa shape index (κ3) is 8.90. The molecule has 2 aromatic rings. The number of hydrogen-bond acceptors (Lipinski definition) is 18. The van der Waals surface area contributed by atoms with Gasteiger partial charge in [0.1, 0.15) is 27.3 Å². The number of carbonyl (C=O) groups excluding carboxylic acids is 4. The van der Waals surface area contributed by atoms with Crippen LogP contribution >= 0.6 is 11.3 Å². The summed E-state index contributed by atoms with van der Waals surface area (Å²) in [4.78, 5) is 89.9. The Bertz CT molecular complexity index is 2250. The molecule has 26 heteroatoms. The standard InChI is InChI=1S/C27H32N10O13S3/c1-5-7-15-19(31-21(40)18(14-12-51-24(28)30-14)33-50-27(2,3)23(42)43)22(41)36(15)25(44)34-53(48,49)37-26(45)35(8-6-9-52(4,46)47)20(32-37)13-10-16(38)17(39)11-29-13/h5,10-12,15,17,19,39H,1,6-9H2,2-4H3,(H2,28,30)(H,31,40)(H,34,44)(H,42,43)/t15-,17?,19+/m1/s1. The van der Waals surface area contributed by atoms with Gasteiger partial charge in [-0.25, -0.2) is 32.5 Å². The Morgan fingerprint density at radius 1 is 1.21 bits per heavy atom. The maximum absolute atomic E-state index is 13.4. The second-order valence-electron chi connectivity index (χ2n) is 11.8. The Kier molecular flexibility index (Phi) is 11.5. The van der Waals surface area contributed by atoms with Gasteiger partial charge >= 0.3 is 27.9 Å². The van der Waals surface area contributed by atoms with Crippen LogP contribution in [0.5, 0.6) is 0 Å². The normalized spacial score (nSPS) is 19.3. The van der Waals surface area contributed by atoms with Crippen molar-refractivity contribution in [2.75, 3.05) is 17.7 Å². The molecule has 4 amide bonds. The molecule has 6 N–H and O–H groups in total. The summed E-state index contributed by atoms with van der Waals surface area (Å²) in [5.41, 5.74) is 1.26. The molecule has 2 aromatic heterocycles. The SMILES string of the molecule is C=CC[C@@H]1[C@H](NC(=O)C(=NOC(C)(C)C(=O)O)c2csc(N)n2)C(=O)N1C(=O)NS(=O)(=O)n1nc(C2=CC(=O)C(O)C=N2)n(CCCS(C)(=O)=O)c1=O. The predicted octanol–water partition coefficient (Wildman–Crippen LogP) is -2.77. The summed E-state index contributed by atoms with van der Waals surface area (Å²) >= 11 is 0.907. The second kappa shape index (κ2) is 15.2. The molecule has 4 rings (SSSR count). The van der Waals surface area contributed by atoms with Gasteiger partial charge in [-0.3, -0.25) is 28.8 Å². The first-order valence-corrected chi connectivity index (χ1v) is 19.3. The molecule has 1 fully saturated rings. The maximum atomic E-state index is 13.4. The molecule has 2 aliphatic rings. The lowest BCUT2D eigenvalue weighted by Crippen LogP contribution is -2.74. The molecule has 0 saturated carbocycles. The molecule has 2 aliphatic heterocycles. The third-order valence-corrected chi connectivity index (χ3v) is 10.2. The molecule has 4 heterocycles. The van der Waals surface area contributed by atoms with Gasteiger partial charge in [0.05, 0.1) is 11.8 Å². The molecular weight excluding hydrogens is 769 g/mol. The number of amides is 4. The number of likely N-dealkylation sites (tertiary alicyclic amines) is 1. The van der Waals surface area contributed by atoms with E-state index >= 15 is 0 Å². The summed E-state index contributed by atoms with van der Waals surface area (Å²) < 4.78 is 52.1. The quantitative estimate of drug-likeness (QED) is 0.0527. The van der Waals surface area contributed by atoms with Crippen molar-refractivity contribution in [3.8, 4) is 0 Å². The van der Waals surface area contributed by atoms with Crippen LogP contribution in [0.1, 0.15) is 38.2 Å². The summed E-state index contributed by atoms with van der Waals surface area (Å²) in [5.74, 6) is -5.50. The van der Waals surface area contributed by atoms with Gasteiger partial charge in [-0.05, 0) is 26.7 Å². The number of oxime groups is 1. The number of sulfone groups is 1. The Morgan fingerprint density at radius 2 is 1.89 bits per heavy atom. The highest BCUT2D eigenvalue weighted by Gasteiger charge is 2.52. The van der Waals surface area contributed by atoms with E-state index < -0.39 is 103 Å². The van der Waals surface area contributed by atoms with E-state index in [9.17, 15) is 55.8 Å². The number of nitrogens with one attached hydrogen (secondary N) is 2. The number of aliphatic carboxylic acids is 1. The highest BCUT2D eigenvalue weighted by molar-refractivity contribution is 7.90. The van der Waals surface area contributed by atoms with Gasteiger partial charge in [-0.2, -0.15) is 8.42 Å². The molecule has 0 radical (unpaired) electrons. The number of hydrogen-bond donors (Lipinski definition) is 5. The van der Waals surface area contributed by atoms with E-state index in [1.165, 1.54) is 11.5 Å². The molecule has 1 saturated heterocycles. The number of nitrogens with two attached hydrogens (primary N) is 1. The maximum Gasteiger partial charge on any atom is 0.362 e. The summed E-state index contributed by atoms with van der Waals surface area (Å²) in [7, 11) is -8.80. The number of aliphatic hydroxyl groups is 1. The van der Waals surface area contributed by atoms with Gasteiger partial charge < -0.3 is 26.1 Å². The van der Waals surface area contributed by atoms with Crippen LogP contribution in [-0.2, 0) is 50.6 Å². The van der Waals surface area contributed by atoms with E-state index in [1.54, 1.807) is 4.72 Å². The topological polar surface area (TPSA) is 334 Å². The number of nitrogen functional groups attached to an aromatic ring is 1. The summed E-state index contributed by atoms with van der Waals surface area (Å²) in [6.45, 7) is 5.40. The van der Waals surface area contributed by atoms with Crippen LogP contribution in [0.25, 0.3) is 5.70 Å². The largest absolute Gasteiger partial charge is 0.478 e. The number of rotatable bonds is 15. The number of urea groups is 1.